The largest absolute Gasteiger partial charge is 0.339 e. The Labute approximate surface area is 159 Å². The van der Waals surface area contributed by atoms with Crippen molar-refractivity contribution in [3.8, 4) is 0 Å². The van der Waals surface area contributed by atoms with E-state index in [9.17, 15) is 14.4 Å². The van der Waals surface area contributed by atoms with Gasteiger partial charge < -0.3 is 4.90 Å². The molecule has 3 fully saturated rings. The lowest BCUT2D eigenvalue weighted by Crippen LogP contribution is -2.37. The van der Waals surface area contributed by atoms with Crippen molar-refractivity contribution in [2.75, 3.05) is 18.0 Å². The van der Waals surface area contributed by atoms with Gasteiger partial charge in [-0.15, -0.1) is 0 Å². The van der Waals surface area contributed by atoms with Gasteiger partial charge in [0, 0.05) is 13.1 Å². The minimum absolute atomic E-state index is 0.0637. The van der Waals surface area contributed by atoms with E-state index in [0.717, 1.165) is 45.2 Å². The van der Waals surface area contributed by atoms with Gasteiger partial charge in [0.15, 0.2) is 0 Å². The highest BCUT2D eigenvalue weighted by molar-refractivity contribution is 6.24. The van der Waals surface area contributed by atoms with Gasteiger partial charge in [0.25, 0.3) is 5.91 Å². The van der Waals surface area contributed by atoms with E-state index in [2.05, 4.69) is 12.2 Å². The molecule has 4 atom stereocenters. The number of benzene rings is 1. The number of carbonyl (C=O) groups is 3. The van der Waals surface area contributed by atoms with E-state index in [1.807, 2.05) is 11.0 Å². The van der Waals surface area contributed by atoms with Crippen molar-refractivity contribution >= 4 is 23.4 Å². The number of hydrogen-bond acceptors (Lipinski definition) is 3. The van der Waals surface area contributed by atoms with Gasteiger partial charge in [-0.25, -0.2) is 4.90 Å². The number of likely N-dealkylation sites (tertiary alicyclic amines) is 1. The number of allylic oxidation sites excluding steroid dienone is 2. The molecule has 0 unspecified atom stereocenters. The van der Waals surface area contributed by atoms with Gasteiger partial charge in [-0.05, 0) is 43.2 Å². The quantitative estimate of drug-likeness (QED) is 0.599. The Morgan fingerprint density at radius 2 is 1.44 bits per heavy atom. The van der Waals surface area contributed by atoms with E-state index >= 15 is 0 Å². The van der Waals surface area contributed by atoms with E-state index < -0.39 is 0 Å². The Balaban J connectivity index is 1.49. The molecule has 140 valence electrons. The Bertz CT molecular complexity index is 808. The van der Waals surface area contributed by atoms with Crippen LogP contribution in [0.15, 0.2) is 36.4 Å². The number of nitrogens with zero attached hydrogens (tertiary/aromatic N) is 2. The van der Waals surface area contributed by atoms with Crippen molar-refractivity contribution in [2.24, 2.45) is 23.7 Å². The SMILES string of the molecule is O=C(c1ccccc1N1C(=O)[C@@H]2[C@H](C1=O)[C@H]1C=C[C@H]2C1)N1CCCCCC1. The lowest BCUT2D eigenvalue weighted by atomic mass is 9.85. The molecule has 5 heteroatoms. The maximum absolute atomic E-state index is 13.2. The number of para-hydroxylation sites is 1. The van der Waals surface area contributed by atoms with E-state index in [0.29, 0.717) is 11.3 Å². The van der Waals surface area contributed by atoms with Crippen LogP contribution in [0.4, 0.5) is 5.69 Å². The summed E-state index contributed by atoms with van der Waals surface area (Å²) in [5.74, 6) is -0.449. The first kappa shape index (κ1) is 16.7. The number of anilines is 1. The van der Waals surface area contributed by atoms with Crippen molar-refractivity contribution < 1.29 is 14.4 Å². The first-order chi connectivity index (χ1) is 13.2. The topological polar surface area (TPSA) is 57.7 Å². The zero-order chi connectivity index (χ0) is 18.5. The lowest BCUT2D eigenvalue weighted by molar-refractivity contribution is -0.123. The Morgan fingerprint density at radius 1 is 0.852 bits per heavy atom. The van der Waals surface area contributed by atoms with Crippen LogP contribution >= 0.6 is 0 Å². The van der Waals surface area contributed by atoms with Gasteiger partial charge in [-0.3, -0.25) is 14.4 Å². The third-order valence-corrected chi connectivity index (χ3v) is 6.74. The highest BCUT2D eigenvalue weighted by Gasteiger charge is 2.59. The van der Waals surface area contributed by atoms with Crippen molar-refractivity contribution in [3.05, 3.63) is 42.0 Å². The third kappa shape index (κ3) is 2.47. The molecular weight excluding hydrogens is 340 g/mol. The average molecular weight is 364 g/mol. The molecular formula is C22H24N2O3. The fraction of sp³-hybridized carbons (Fsp3) is 0.500. The second kappa shape index (κ2) is 6.32. The van der Waals surface area contributed by atoms with E-state index in [-0.39, 0.29) is 41.4 Å². The summed E-state index contributed by atoms with van der Waals surface area (Å²) in [7, 11) is 0. The molecule has 0 N–H and O–H groups in total. The second-order valence-electron chi connectivity index (χ2n) is 8.24. The van der Waals surface area contributed by atoms with Crippen LogP contribution in [0.3, 0.4) is 0 Å². The summed E-state index contributed by atoms with van der Waals surface area (Å²) in [5, 5.41) is 0. The number of fused-ring (bicyclic) bond motifs is 5. The molecule has 2 aliphatic heterocycles. The van der Waals surface area contributed by atoms with Crippen molar-refractivity contribution in [1.82, 2.24) is 4.90 Å². The summed E-state index contributed by atoms with van der Waals surface area (Å²) < 4.78 is 0. The van der Waals surface area contributed by atoms with Gasteiger partial charge in [0.2, 0.25) is 11.8 Å². The van der Waals surface area contributed by atoms with Crippen LogP contribution < -0.4 is 4.90 Å². The van der Waals surface area contributed by atoms with Gasteiger partial charge >= 0.3 is 0 Å². The lowest BCUT2D eigenvalue weighted by Gasteiger charge is -2.24. The number of carbonyl (C=O) groups excluding carboxylic acids is 3. The van der Waals surface area contributed by atoms with Gasteiger partial charge in [0.1, 0.15) is 0 Å². The van der Waals surface area contributed by atoms with Gasteiger partial charge in [-0.1, -0.05) is 37.1 Å². The molecule has 0 spiro atoms. The van der Waals surface area contributed by atoms with Gasteiger partial charge in [-0.2, -0.15) is 0 Å². The van der Waals surface area contributed by atoms with Crippen LogP contribution in [0.1, 0.15) is 42.5 Å². The molecule has 0 radical (unpaired) electrons. The van der Waals surface area contributed by atoms with Crippen LogP contribution in [0.25, 0.3) is 0 Å². The molecule has 5 rings (SSSR count). The summed E-state index contributed by atoms with van der Waals surface area (Å²) in [6.07, 6.45) is 9.41. The first-order valence-corrected chi connectivity index (χ1v) is 10.1. The van der Waals surface area contributed by atoms with Crippen molar-refractivity contribution in [1.29, 1.82) is 0 Å². The molecule has 3 amide bonds. The molecule has 2 bridgehead atoms. The molecule has 2 heterocycles. The highest BCUT2D eigenvalue weighted by atomic mass is 16.2. The van der Waals surface area contributed by atoms with Crippen LogP contribution in [0.2, 0.25) is 0 Å². The highest BCUT2D eigenvalue weighted by Crippen LogP contribution is 2.53. The summed E-state index contributed by atoms with van der Waals surface area (Å²) >= 11 is 0. The van der Waals surface area contributed by atoms with E-state index in [1.54, 1.807) is 18.2 Å². The summed E-state index contributed by atoms with van der Waals surface area (Å²) in [6.45, 7) is 1.49. The predicted octanol–water partition coefficient (Wildman–Crippen LogP) is 3.01. The van der Waals surface area contributed by atoms with Crippen molar-refractivity contribution in [2.45, 2.75) is 32.1 Å². The summed E-state index contributed by atoms with van der Waals surface area (Å²) in [5.41, 5.74) is 0.942. The van der Waals surface area contributed by atoms with E-state index in [1.165, 1.54) is 4.90 Å². The molecule has 1 aromatic rings. The monoisotopic (exact) mass is 364 g/mol. The number of rotatable bonds is 2. The Morgan fingerprint density at radius 3 is 2.07 bits per heavy atom. The normalized spacial score (nSPS) is 32.1. The number of hydrogen-bond donors (Lipinski definition) is 0. The molecule has 0 aromatic heterocycles. The minimum atomic E-state index is -0.242. The van der Waals surface area contributed by atoms with Crippen LogP contribution in [0.5, 0.6) is 0 Å². The number of imide groups is 1. The Hall–Kier alpha value is -2.43. The summed E-state index contributed by atoms with van der Waals surface area (Å²) in [4.78, 5) is 42.7. The summed E-state index contributed by atoms with van der Waals surface area (Å²) in [6, 6.07) is 7.11. The third-order valence-electron chi connectivity index (χ3n) is 6.74. The molecule has 4 aliphatic rings. The minimum Gasteiger partial charge on any atom is -0.339 e. The first-order valence-electron chi connectivity index (χ1n) is 10.1. The fourth-order valence-electron chi connectivity index (χ4n) is 5.43. The molecule has 1 aromatic carbocycles. The average Bonchev–Trinajstić information content (AvgIpc) is 3.28. The molecule has 2 saturated heterocycles. The zero-order valence-corrected chi connectivity index (χ0v) is 15.3. The van der Waals surface area contributed by atoms with Crippen molar-refractivity contribution in [3.63, 3.8) is 0 Å². The molecule has 2 aliphatic carbocycles. The van der Waals surface area contributed by atoms with Gasteiger partial charge in [0.05, 0.1) is 23.1 Å². The molecule has 27 heavy (non-hydrogen) atoms. The van der Waals surface area contributed by atoms with Crippen LogP contribution in [-0.4, -0.2) is 35.7 Å². The Kier molecular flexibility index (Phi) is 3.92. The number of amides is 3. The van der Waals surface area contributed by atoms with Crippen LogP contribution in [-0.2, 0) is 9.59 Å². The maximum Gasteiger partial charge on any atom is 0.255 e. The maximum atomic E-state index is 13.2. The second-order valence-corrected chi connectivity index (χ2v) is 8.24. The standard InChI is InChI=1S/C22H24N2O3/c25-20(23-11-5-1-2-6-12-23)16-7-3-4-8-17(16)24-21(26)18-14-9-10-15(13-14)19(18)22(24)27/h3-4,7-10,14-15,18-19H,1-2,5-6,11-13H2/t14-,15-,18-,19+/m0/s1. The van der Waals surface area contributed by atoms with E-state index in [4.69, 9.17) is 0 Å². The molecule has 5 nitrogen and oxygen atoms in total. The smallest absolute Gasteiger partial charge is 0.255 e. The zero-order valence-electron chi connectivity index (χ0n) is 15.3. The predicted molar refractivity (Wildman–Crippen MR) is 101 cm³/mol. The fourth-order valence-corrected chi connectivity index (χ4v) is 5.43. The molecule has 1 saturated carbocycles. The van der Waals surface area contributed by atoms with Crippen LogP contribution in [0, 0.1) is 23.7 Å².